The molecular weight excluding hydrogens is 634 g/mol. The van der Waals surface area contributed by atoms with Crippen LogP contribution in [0.15, 0.2) is 29.1 Å². The summed E-state index contributed by atoms with van der Waals surface area (Å²) in [6.07, 6.45) is -0.907. The van der Waals surface area contributed by atoms with Gasteiger partial charge >= 0.3 is 24.0 Å². The summed E-state index contributed by atoms with van der Waals surface area (Å²) < 4.78 is 23.6. The Morgan fingerprint density at radius 3 is 2.46 bits per heavy atom. The molecule has 12 nitrogen and oxygen atoms in total. The first-order chi connectivity index (χ1) is 22.4. The monoisotopic (exact) mass is 677 g/mol. The van der Waals surface area contributed by atoms with Crippen LogP contribution in [-0.2, 0) is 47.3 Å². The number of alkyl carbamates (subject to hydrolysis) is 1. The maximum atomic E-state index is 14.2. The molecule has 5 rings (SSSR count). The number of cyclic esters (lactones) is 1. The fourth-order valence-electron chi connectivity index (χ4n) is 6.30. The molecular formula is C35H43N3O9Si. The van der Waals surface area contributed by atoms with Crippen molar-refractivity contribution in [3.63, 3.8) is 0 Å². The van der Waals surface area contributed by atoms with Crippen LogP contribution < -0.4 is 20.8 Å². The van der Waals surface area contributed by atoms with Gasteiger partial charge in [0.1, 0.15) is 18.0 Å². The number of benzene rings is 1. The Morgan fingerprint density at radius 2 is 1.83 bits per heavy atom. The summed E-state index contributed by atoms with van der Waals surface area (Å²) in [6, 6.07) is 7.08. The number of ether oxygens (including phenoxy) is 4. The van der Waals surface area contributed by atoms with E-state index in [9.17, 15) is 24.0 Å². The third-order valence-electron chi connectivity index (χ3n) is 9.26. The lowest BCUT2D eigenvalue weighted by Crippen LogP contribution is -2.48. The van der Waals surface area contributed by atoms with E-state index in [1.165, 1.54) is 6.92 Å². The molecule has 2 aliphatic heterocycles. The van der Waals surface area contributed by atoms with Crippen LogP contribution in [0.3, 0.4) is 0 Å². The van der Waals surface area contributed by atoms with Gasteiger partial charge < -0.3 is 28.8 Å². The molecule has 0 bridgehead atoms. The van der Waals surface area contributed by atoms with Crippen LogP contribution in [0.2, 0.25) is 18.6 Å². The first kappa shape index (κ1) is 34.8. The molecule has 1 amide bonds. The van der Waals surface area contributed by atoms with Crippen molar-refractivity contribution >= 4 is 48.2 Å². The summed E-state index contributed by atoms with van der Waals surface area (Å²) in [5.41, 5.74) is 0.634. The van der Waals surface area contributed by atoms with Crippen molar-refractivity contribution in [3.05, 3.63) is 51.3 Å². The van der Waals surface area contributed by atoms with Gasteiger partial charge in [0.25, 0.3) is 5.56 Å². The van der Waals surface area contributed by atoms with E-state index in [-0.39, 0.29) is 49.2 Å². The molecule has 3 aromatic rings. The number of carbonyl (C=O) groups excluding carboxylic acids is 4. The zero-order valence-corrected chi connectivity index (χ0v) is 30.0. The SMILES string of the molecule is CC[C@@]1(OC(=O)CCNC(=O)OC(C)(C)C)C(=O)OCc2c1cc1n(c2=O)Cc2c-1nc1ccc(OC(C)=O)cc1c2[Si](C)(C)C(C)C. The smallest absolute Gasteiger partial charge is 0.407 e. The fraction of sp³-hybridized carbons (Fsp3) is 0.486. The Balaban J connectivity index is 1.60. The minimum absolute atomic E-state index is 0.0163. The van der Waals surface area contributed by atoms with Gasteiger partial charge in [-0.1, -0.05) is 33.9 Å². The molecule has 48 heavy (non-hydrogen) atoms. The van der Waals surface area contributed by atoms with Crippen molar-refractivity contribution in [2.24, 2.45) is 0 Å². The second kappa shape index (κ2) is 12.5. The largest absolute Gasteiger partial charge is 0.457 e. The molecule has 0 spiro atoms. The van der Waals surface area contributed by atoms with Crippen LogP contribution in [0.4, 0.5) is 4.79 Å². The summed E-state index contributed by atoms with van der Waals surface area (Å²) >= 11 is 0. The molecule has 13 heteroatoms. The van der Waals surface area contributed by atoms with Gasteiger partial charge in [0, 0.05) is 24.4 Å². The van der Waals surface area contributed by atoms with E-state index in [1.807, 2.05) is 12.1 Å². The summed E-state index contributed by atoms with van der Waals surface area (Å²) in [6.45, 7) is 17.0. The second-order valence-electron chi connectivity index (χ2n) is 14.2. The van der Waals surface area contributed by atoms with Gasteiger partial charge in [-0.2, -0.15) is 0 Å². The topological polar surface area (TPSA) is 152 Å². The highest BCUT2D eigenvalue weighted by Gasteiger charge is 2.50. The van der Waals surface area contributed by atoms with Gasteiger partial charge in [0.15, 0.2) is 0 Å². The van der Waals surface area contributed by atoms with Crippen molar-refractivity contribution < 1.29 is 38.1 Å². The standard InChI is InChI=1S/C35H43N3O9Si/c1-10-35(46-28(40)13-14-36-33(43)47-34(5,6)7)25-16-27-29-23(17-38(27)31(41)24(25)18-44-32(35)42)30(48(8,9)19(2)3)22-15-21(45-20(4)39)11-12-26(22)37-29/h11-12,15-16,19H,10,13-14,17-18H2,1-9H3,(H,36,43)/t35-/m0/s1. The zero-order chi connectivity index (χ0) is 35.3. The highest BCUT2D eigenvalue weighted by atomic mass is 28.3. The molecule has 1 atom stereocenters. The van der Waals surface area contributed by atoms with Gasteiger partial charge in [-0.05, 0) is 67.7 Å². The molecule has 1 aromatic carbocycles. The van der Waals surface area contributed by atoms with E-state index in [0.717, 1.165) is 16.1 Å². The van der Waals surface area contributed by atoms with Gasteiger partial charge in [0.05, 0.1) is 43.5 Å². The van der Waals surface area contributed by atoms with Crippen molar-refractivity contribution in [1.82, 2.24) is 14.9 Å². The zero-order valence-electron chi connectivity index (χ0n) is 29.0. The number of aromatic nitrogens is 2. The highest BCUT2D eigenvalue weighted by molar-refractivity contribution is 6.92. The highest BCUT2D eigenvalue weighted by Crippen LogP contribution is 2.42. The van der Waals surface area contributed by atoms with Crippen LogP contribution in [0.1, 0.15) is 78.0 Å². The number of hydrogen-bond acceptors (Lipinski definition) is 10. The predicted molar refractivity (Wildman–Crippen MR) is 181 cm³/mol. The van der Waals surface area contributed by atoms with E-state index >= 15 is 0 Å². The first-order valence-electron chi connectivity index (χ1n) is 16.2. The molecule has 0 aliphatic carbocycles. The van der Waals surface area contributed by atoms with E-state index in [1.54, 1.807) is 44.4 Å². The second-order valence-corrected chi connectivity index (χ2v) is 19.3. The van der Waals surface area contributed by atoms with Gasteiger partial charge in [0.2, 0.25) is 5.60 Å². The van der Waals surface area contributed by atoms with E-state index < -0.39 is 43.3 Å². The van der Waals surface area contributed by atoms with Crippen LogP contribution in [-0.4, -0.2) is 53.8 Å². The number of nitrogens with zero attached hydrogens (tertiary/aromatic N) is 2. The van der Waals surface area contributed by atoms with Crippen LogP contribution in [0.5, 0.6) is 5.75 Å². The Morgan fingerprint density at radius 1 is 1.12 bits per heavy atom. The van der Waals surface area contributed by atoms with Crippen molar-refractivity contribution in [2.75, 3.05) is 6.54 Å². The predicted octanol–water partition coefficient (Wildman–Crippen LogP) is 4.80. The number of nitrogens with one attached hydrogen (secondary N) is 1. The van der Waals surface area contributed by atoms with Gasteiger partial charge in [-0.3, -0.25) is 14.4 Å². The lowest BCUT2D eigenvalue weighted by atomic mass is 9.85. The number of amides is 1. The van der Waals surface area contributed by atoms with Crippen molar-refractivity contribution in [2.45, 2.75) is 104 Å². The molecule has 2 aliphatic rings. The molecule has 4 heterocycles. The third kappa shape index (κ3) is 6.23. The van der Waals surface area contributed by atoms with Crippen LogP contribution >= 0.6 is 0 Å². The molecule has 2 aromatic heterocycles. The Kier molecular flexibility index (Phi) is 9.06. The van der Waals surface area contributed by atoms with Crippen LogP contribution in [0.25, 0.3) is 22.3 Å². The minimum atomic E-state index is -2.21. The van der Waals surface area contributed by atoms with E-state index in [4.69, 9.17) is 23.9 Å². The molecule has 0 unspecified atom stereocenters. The van der Waals surface area contributed by atoms with Gasteiger partial charge in [-0.25, -0.2) is 14.6 Å². The van der Waals surface area contributed by atoms with Crippen molar-refractivity contribution in [1.29, 1.82) is 0 Å². The summed E-state index contributed by atoms with van der Waals surface area (Å²) in [5.74, 6) is -1.53. The van der Waals surface area contributed by atoms with E-state index in [0.29, 0.717) is 28.2 Å². The molecule has 256 valence electrons. The number of carbonyl (C=O) groups is 4. The van der Waals surface area contributed by atoms with Crippen LogP contribution in [0, 0.1) is 0 Å². The fourth-order valence-corrected chi connectivity index (χ4v) is 8.74. The Labute approximate surface area is 280 Å². The number of hydrogen-bond donors (Lipinski definition) is 1. The number of pyridine rings is 2. The Bertz CT molecular complexity index is 1910. The number of rotatable bonds is 8. The summed E-state index contributed by atoms with van der Waals surface area (Å²) in [7, 11) is -2.21. The first-order valence-corrected chi connectivity index (χ1v) is 19.3. The average molecular weight is 678 g/mol. The quantitative estimate of drug-likeness (QED) is 0.119. The maximum Gasteiger partial charge on any atom is 0.407 e. The minimum Gasteiger partial charge on any atom is -0.457 e. The lowest BCUT2D eigenvalue weighted by Gasteiger charge is -2.35. The summed E-state index contributed by atoms with van der Waals surface area (Å²) in [5, 5.41) is 4.50. The number of esters is 3. The third-order valence-corrected chi connectivity index (χ3v) is 14.0. The molecule has 0 fully saturated rings. The Hall–Kier alpha value is -4.52. The lowest BCUT2D eigenvalue weighted by molar-refractivity contribution is -0.189. The van der Waals surface area contributed by atoms with Crippen molar-refractivity contribution in [3.8, 4) is 17.1 Å². The normalized spacial score (nSPS) is 16.9. The maximum absolute atomic E-state index is 14.2. The molecule has 0 saturated heterocycles. The molecule has 0 saturated carbocycles. The molecule has 0 radical (unpaired) electrons. The van der Waals surface area contributed by atoms with E-state index in [2.05, 4.69) is 32.3 Å². The average Bonchev–Trinajstić information content (AvgIpc) is 3.34. The number of fused-ring (bicyclic) bond motifs is 5. The summed E-state index contributed by atoms with van der Waals surface area (Å²) in [4.78, 5) is 69.6. The van der Waals surface area contributed by atoms with Gasteiger partial charge in [-0.15, -0.1) is 0 Å². The molecule has 1 N–H and O–H groups in total.